The number of rotatable bonds is 6. The number of anilines is 1. The number of carboxylic acids is 1. The molecule has 0 radical (unpaired) electrons. The smallest absolute Gasteiger partial charge is 0.308 e. The maximum Gasteiger partial charge on any atom is 0.308 e. The summed E-state index contributed by atoms with van der Waals surface area (Å²) in [6.07, 6.45) is 7.01. The van der Waals surface area contributed by atoms with E-state index in [2.05, 4.69) is 30.2 Å². The van der Waals surface area contributed by atoms with E-state index >= 15 is 4.39 Å². The second kappa shape index (κ2) is 11.5. The SMILES string of the molecule is CN1CCN(C(=O)c2ccc(-c3nc(-c4c[nH]c5ncc(F)cc45)nc(N[C@H]4C5CCCC(C5)C[C@@H]4C(=O)O)c3F)s2)CC1. The number of pyridine rings is 1. The van der Waals surface area contributed by atoms with Gasteiger partial charge in [-0.1, -0.05) is 12.8 Å². The minimum Gasteiger partial charge on any atom is -0.481 e. The predicted molar refractivity (Wildman–Crippen MR) is 162 cm³/mol. The number of aromatic nitrogens is 4. The van der Waals surface area contributed by atoms with Gasteiger partial charge in [0.1, 0.15) is 17.2 Å². The van der Waals surface area contributed by atoms with E-state index in [1.165, 1.54) is 6.07 Å². The number of thiophene rings is 1. The lowest BCUT2D eigenvalue weighted by atomic mass is 9.65. The van der Waals surface area contributed by atoms with E-state index in [1.807, 2.05) is 7.05 Å². The van der Waals surface area contributed by atoms with Gasteiger partial charge in [0.2, 0.25) is 0 Å². The molecule has 4 aromatic rings. The number of fused-ring (bicyclic) bond motifs is 3. The minimum atomic E-state index is -0.905. The van der Waals surface area contributed by atoms with Crippen LogP contribution in [0.25, 0.3) is 33.0 Å². The summed E-state index contributed by atoms with van der Waals surface area (Å²) in [7, 11) is 2.02. The Morgan fingerprint density at radius 2 is 1.93 bits per heavy atom. The van der Waals surface area contributed by atoms with Crippen molar-refractivity contribution in [3.05, 3.63) is 47.1 Å². The zero-order valence-electron chi connectivity index (χ0n) is 24.2. The first-order valence-corrected chi connectivity index (χ1v) is 15.8. The molecule has 1 amide bonds. The summed E-state index contributed by atoms with van der Waals surface area (Å²) in [5, 5.41) is 13.8. The van der Waals surface area contributed by atoms with Gasteiger partial charge in [0.15, 0.2) is 17.5 Å². The molecule has 1 aliphatic heterocycles. The first-order valence-electron chi connectivity index (χ1n) is 15.0. The van der Waals surface area contributed by atoms with Crippen molar-refractivity contribution in [3.8, 4) is 22.0 Å². The Morgan fingerprint density at radius 3 is 2.73 bits per heavy atom. The van der Waals surface area contributed by atoms with E-state index in [9.17, 15) is 19.1 Å². The summed E-state index contributed by atoms with van der Waals surface area (Å²) >= 11 is 1.15. The molecule has 3 aliphatic rings. The average Bonchev–Trinajstić information content (AvgIpc) is 3.67. The van der Waals surface area contributed by atoms with Crippen LogP contribution in [0.1, 0.15) is 41.8 Å². The normalized spacial score (nSPS) is 24.0. The third-order valence-corrected chi connectivity index (χ3v) is 10.5. The van der Waals surface area contributed by atoms with Crippen molar-refractivity contribution in [1.82, 2.24) is 29.7 Å². The summed E-state index contributed by atoms with van der Waals surface area (Å²) in [5.74, 6) is -2.51. The highest BCUT2D eigenvalue weighted by molar-refractivity contribution is 7.17. The molecule has 0 aromatic carbocycles. The Bertz CT molecular complexity index is 1730. The molecule has 7 rings (SSSR count). The van der Waals surface area contributed by atoms with E-state index < -0.39 is 29.6 Å². The van der Waals surface area contributed by atoms with Crippen LogP contribution in [0, 0.1) is 29.4 Å². The number of amides is 1. The van der Waals surface area contributed by atoms with Gasteiger partial charge in [-0.15, -0.1) is 11.3 Å². The van der Waals surface area contributed by atoms with Crippen LogP contribution < -0.4 is 5.32 Å². The van der Waals surface area contributed by atoms with Gasteiger partial charge in [-0.25, -0.2) is 23.7 Å². The van der Waals surface area contributed by atoms with Crippen LogP contribution in [0.4, 0.5) is 14.6 Å². The Hall–Kier alpha value is -3.97. The molecule has 3 N–H and O–H groups in total. The number of aliphatic carboxylic acids is 1. The van der Waals surface area contributed by atoms with Crippen molar-refractivity contribution >= 4 is 40.1 Å². The number of hydrogen-bond donors (Lipinski definition) is 3. The van der Waals surface area contributed by atoms with Crippen LogP contribution in [0.3, 0.4) is 0 Å². The Labute approximate surface area is 256 Å². The van der Waals surface area contributed by atoms with Crippen LogP contribution in [0.15, 0.2) is 30.6 Å². The topological polar surface area (TPSA) is 127 Å². The standard InChI is InChI=1S/C31H33F2N7O3S/c1-39-7-9-40(10-8-39)30(41)23-6-5-22(44-23)26-24(33)29(36-25-17-4-2-3-16(11-17)12-20(25)31(42)43)38-28(37-26)21-15-35-27-19(21)13-18(32)14-34-27/h5-6,13-17,20,25H,2-4,7-12H2,1H3,(H,34,35)(H,42,43)(H,36,37,38)/t16?,17?,20-,25-/m0/s1. The average molecular weight is 622 g/mol. The highest BCUT2D eigenvalue weighted by Gasteiger charge is 2.44. The molecule has 10 nitrogen and oxygen atoms in total. The van der Waals surface area contributed by atoms with Crippen molar-refractivity contribution < 1.29 is 23.5 Å². The van der Waals surface area contributed by atoms with Gasteiger partial charge in [-0.05, 0) is 56.3 Å². The van der Waals surface area contributed by atoms with Crippen LogP contribution in [-0.2, 0) is 4.79 Å². The van der Waals surface area contributed by atoms with E-state index in [-0.39, 0.29) is 29.2 Å². The van der Waals surface area contributed by atoms with E-state index in [0.717, 1.165) is 56.3 Å². The quantitative estimate of drug-likeness (QED) is 0.271. The van der Waals surface area contributed by atoms with Crippen LogP contribution in [0.2, 0.25) is 0 Å². The van der Waals surface area contributed by atoms with E-state index in [1.54, 1.807) is 23.2 Å². The third kappa shape index (κ3) is 5.32. The van der Waals surface area contributed by atoms with Gasteiger partial charge < -0.3 is 25.2 Å². The van der Waals surface area contributed by atoms with Gasteiger partial charge in [0.05, 0.1) is 21.9 Å². The number of carbonyl (C=O) groups excluding carboxylic acids is 1. The monoisotopic (exact) mass is 621 g/mol. The number of carbonyl (C=O) groups is 2. The largest absolute Gasteiger partial charge is 0.481 e. The minimum absolute atomic E-state index is 0.0113. The predicted octanol–water partition coefficient (Wildman–Crippen LogP) is 5.11. The van der Waals surface area contributed by atoms with Gasteiger partial charge >= 0.3 is 5.97 Å². The van der Waals surface area contributed by atoms with Crippen LogP contribution >= 0.6 is 11.3 Å². The number of nitrogens with one attached hydrogen (secondary N) is 2. The summed E-state index contributed by atoms with van der Waals surface area (Å²) in [4.78, 5) is 46.8. The van der Waals surface area contributed by atoms with E-state index in [4.69, 9.17) is 0 Å². The van der Waals surface area contributed by atoms with Gasteiger partial charge in [0, 0.05) is 49.4 Å². The molecule has 2 unspecified atom stereocenters. The number of aromatic amines is 1. The first-order chi connectivity index (χ1) is 21.2. The van der Waals surface area contributed by atoms with Gasteiger partial charge in [-0.3, -0.25) is 9.59 Å². The molecule has 1 saturated heterocycles. The molecule has 5 heterocycles. The lowest BCUT2D eigenvalue weighted by Gasteiger charge is -2.44. The number of nitrogens with zero attached hydrogens (tertiary/aromatic N) is 5. The summed E-state index contributed by atoms with van der Waals surface area (Å²) in [6, 6.07) is 4.17. The Kier molecular flexibility index (Phi) is 7.53. The molecule has 44 heavy (non-hydrogen) atoms. The zero-order valence-corrected chi connectivity index (χ0v) is 25.0. The maximum atomic E-state index is 16.5. The highest BCUT2D eigenvalue weighted by atomic mass is 32.1. The fourth-order valence-electron chi connectivity index (χ4n) is 7.07. The molecule has 4 atom stereocenters. The van der Waals surface area contributed by atoms with Crippen molar-refractivity contribution in [3.63, 3.8) is 0 Å². The summed E-state index contributed by atoms with van der Waals surface area (Å²) in [5.41, 5.74) is 0.841. The Balaban J connectivity index is 1.30. The second-order valence-corrected chi connectivity index (χ2v) is 13.3. The number of H-pyrrole nitrogens is 1. The van der Waals surface area contributed by atoms with Gasteiger partial charge in [0.25, 0.3) is 5.91 Å². The maximum absolute atomic E-state index is 16.5. The molecule has 0 spiro atoms. The second-order valence-electron chi connectivity index (χ2n) is 12.2. The number of hydrogen-bond acceptors (Lipinski definition) is 8. The molecule has 2 aliphatic carbocycles. The molecule has 230 valence electrons. The van der Waals surface area contributed by atoms with Crippen molar-refractivity contribution in [2.75, 3.05) is 38.5 Å². The fraction of sp³-hybridized carbons (Fsp3) is 0.452. The lowest BCUT2D eigenvalue weighted by Crippen LogP contribution is -2.47. The first kappa shape index (κ1) is 28.8. The summed E-state index contributed by atoms with van der Waals surface area (Å²) < 4.78 is 30.7. The van der Waals surface area contributed by atoms with Crippen LogP contribution in [0.5, 0.6) is 0 Å². The van der Waals surface area contributed by atoms with Crippen LogP contribution in [-0.4, -0.2) is 86.0 Å². The molecule has 13 heteroatoms. The summed E-state index contributed by atoms with van der Waals surface area (Å²) in [6.45, 7) is 2.79. The van der Waals surface area contributed by atoms with Crippen molar-refractivity contribution in [2.24, 2.45) is 17.8 Å². The third-order valence-electron chi connectivity index (χ3n) is 9.40. The Morgan fingerprint density at radius 1 is 1.11 bits per heavy atom. The van der Waals surface area contributed by atoms with Gasteiger partial charge in [-0.2, -0.15) is 0 Å². The lowest BCUT2D eigenvalue weighted by molar-refractivity contribution is -0.145. The number of likely N-dealkylation sites (N-methyl/N-ethyl adjacent to an activating group) is 1. The molecular formula is C31H33F2N7O3S. The van der Waals surface area contributed by atoms with Crippen molar-refractivity contribution in [1.29, 1.82) is 0 Å². The van der Waals surface area contributed by atoms with E-state index in [0.29, 0.717) is 51.8 Å². The molecule has 4 aromatic heterocycles. The number of halogens is 2. The molecule has 2 bridgehead atoms. The molecule has 2 saturated carbocycles. The number of carboxylic acid groups (broad SMARTS) is 1. The zero-order chi connectivity index (χ0) is 30.5. The molecule has 3 fully saturated rings. The number of piperazine rings is 1. The molecular weight excluding hydrogens is 588 g/mol. The van der Waals surface area contributed by atoms with Crippen molar-refractivity contribution in [2.45, 2.75) is 38.1 Å². The fourth-order valence-corrected chi connectivity index (χ4v) is 8.03. The highest BCUT2D eigenvalue weighted by Crippen LogP contribution is 2.45.